The van der Waals surface area contributed by atoms with E-state index in [4.69, 9.17) is 14.2 Å². The van der Waals surface area contributed by atoms with Crippen LogP contribution in [0.4, 0.5) is 9.59 Å². The van der Waals surface area contributed by atoms with E-state index in [2.05, 4.69) is 0 Å². The van der Waals surface area contributed by atoms with Crippen LogP contribution in [0.1, 0.15) is 60.5 Å². The van der Waals surface area contributed by atoms with Crippen LogP contribution in [0, 0.1) is 0 Å². The van der Waals surface area contributed by atoms with E-state index >= 15 is 0 Å². The Morgan fingerprint density at radius 2 is 1.61 bits per heavy atom. The lowest BCUT2D eigenvalue weighted by Gasteiger charge is -2.21. The molecule has 0 fully saturated rings. The van der Waals surface area contributed by atoms with Crippen LogP contribution in [-0.2, 0) is 20.6 Å². The molecule has 1 atom stereocenters. The van der Waals surface area contributed by atoms with Gasteiger partial charge < -0.3 is 14.2 Å². The molecule has 0 aliphatic carbocycles. The molecular formula is C22H31NO5. The van der Waals surface area contributed by atoms with E-state index < -0.39 is 23.5 Å². The zero-order chi connectivity index (χ0) is 21.1. The number of hydrogen-bond donors (Lipinski definition) is 0. The molecule has 1 unspecified atom stereocenters. The van der Waals surface area contributed by atoms with Crippen LogP contribution in [0.25, 0.3) is 10.9 Å². The monoisotopic (exact) mass is 389 g/mol. The molecule has 0 saturated carbocycles. The first-order valence-electron chi connectivity index (χ1n) is 9.58. The summed E-state index contributed by atoms with van der Waals surface area (Å²) in [7, 11) is 0. The molecule has 28 heavy (non-hydrogen) atoms. The molecule has 2 aromatic rings. The molecule has 6 heteroatoms. The van der Waals surface area contributed by atoms with Crippen molar-refractivity contribution in [1.29, 1.82) is 0 Å². The maximum atomic E-state index is 12.6. The minimum absolute atomic E-state index is 0.307. The van der Waals surface area contributed by atoms with E-state index in [0.717, 1.165) is 16.5 Å². The lowest BCUT2D eigenvalue weighted by Crippen LogP contribution is -2.27. The minimum Gasteiger partial charge on any atom is -0.443 e. The smallest absolute Gasteiger partial charge is 0.443 e. The van der Waals surface area contributed by atoms with Gasteiger partial charge in [0.05, 0.1) is 5.52 Å². The zero-order valence-electron chi connectivity index (χ0n) is 17.9. The Morgan fingerprint density at radius 1 is 1.00 bits per heavy atom. The predicted octanol–water partition coefficient (Wildman–Crippen LogP) is 5.70. The Bertz CT molecular complexity index is 839. The largest absolute Gasteiger partial charge is 0.509 e. The van der Waals surface area contributed by atoms with Gasteiger partial charge in [-0.15, -0.1) is 0 Å². The number of fused-ring (bicyclic) bond motifs is 1. The van der Waals surface area contributed by atoms with Gasteiger partial charge in [0, 0.05) is 11.6 Å². The van der Waals surface area contributed by atoms with Gasteiger partial charge in [-0.25, -0.2) is 9.59 Å². The predicted molar refractivity (Wildman–Crippen MR) is 109 cm³/mol. The van der Waals surface area contributed by atoms with Crippen LogP contribution in [0.2, 0.25) is 0 Å². The maximum absolute atomic E-state index is 12.6. The van der Waals surface area contributed by atoms with Crippen LogP contribution >= 0.6 is 0 Å². The summed E-state index contributed by atoms with van der Waals surface area (Å²) >= 11 is 0. The first-order valence-corrected chi connectivity index (χ1v) is 9.58. The van der Waals surface area contributed by atoms with Crippen LogP contribution in [0.5, 0.6) is 0 Å². The summed E-state index contributed by atoms with van der Waals surface area (Å²) in [6.07, 6.45) is 1.68. The van der Waals surface area contributed by atoms with Gasteiger partial charge in [0.1, 0.15) is 17.3 Å². The number of ether oxygens (including phenoxy) is 3. The third-order valence-corrected chi connectivity index (χ3v) is 3.89. The van der Waals surface area contributed by atoms with Crippen molar-refractivity contribution in [2.75, 3.05) is 0 Å². The van der Waals surface area contributed by atoms with E-state index in [1.807, 2.05) is 52.0 Å². The molecule has 0 N–H and O–H groups in total. The first-order chi connectivity index (χ1) is 12.9. The number of rotatable bonds is 4. The second-order valence-corrected chi connectivity index (χ2v) is 8.95. The van der Waals surface area contributed by atoms with Crippen LogP contribution in [-0.4, -0.2) is 34.1 Å². The zero-order valence-corrected chi connectivity index (χ0v) is 17.9. The third kappa shape index (κ3) is 6.29. The highest BCUT2D eigenvalue weighted by molar-refractivity contribution is 5.92. The van der Waals surface area contributed by atoms with E-state index in [1.165, 1.54) is 4.57 Å². The third-order valence-electron chi connectivity index (χ3n) is 3.89. The first kappa shape index (κ1) is 21.8. The van der Waals surface area contributed by atoms with Crippen molar-refractivity contribution in [2.45, 2.75) is 78.6 Å². The molecule has 1 heterocycles. The van der Waals surface area contributed by atoms with Crippen molar-refractivity contribution < 1.29 is 23.8 Å². The van der Waals surface area contributed by atoms with E-state index in [-0.39, 0.29) is 6.10 Å². The Kier molecular flexibility index (Phi) is 6.42. The van der Waals surface area contributed by atoms with Gasteiger partial charge in [0.15, 0.2) is 0 Å². The van der Waals surface area contributed by atoms with Gasteiger partial charge >= 0.3 is 12.2 Å². The van der Waals surface area contributed by atoms with Crippen LogP contribution in [0.3, 0.4) is 0 Å². The number of para-hydroxylation sites is 1. The Labute approximate surface area is 166 Å². The van der Waals surface area contributed by atoms with Crippen LogP contribution in [0.15, 0.2) is 30.5 Å². The molecule has 0 aliphatic rings. The van der Waals surface area contributed by atoms with Crippen molar-refractivity contribution in [1.82, 2.24) is 4.57 Å². The summed E-state index contributed by atoms with van der Waals surface area (Å²) in [6, 6.07) is 7.70. The summed E-state index contributed by atoms with van der Waals surface area (Å²) in [4.78, 5) is 24.4. The summed E-state index contributed by atoms with van der Waals surface area (Å²) in [5, 5.41) is 0.984. The number of nitrogens with zero attached hydrogens (tertiary/aromatic N) is 1. The molecule has 154 valence electrons. The average molecular weight is 389 g/mol. The summed E-state index contributed by atoms with van der Waals surface area (Å²) in [6.45, 7) is 12.7. The lowest BCUT2D eigenvalue weighted by atomic mass is 10.1. The topological polar surface area (TPSA) is 66.8 Å². The lowest BCUT2D eigenvalue weighted by molar-refractivity contribution is -0.0245. The van der Waals surface area contributed by atoms with Crippen molar-refractivity contribution in [2.24, 2.45) is 0 Å². The summed E-state index contributed by atoms with van der Waals surface area (Å²) < 4.78 is 17.6. The number of aryl methyl sites for hydroxylation is 1. The Morgan fingerprint density at radius 3 is 2.21 bits per heavy atom. The second-order valence-electron chi connectivity index (χ2n) is 8.95. The van der Waals surface area contributed by atoms with Crippen molar-refractivity contribution >= 4 is 23.2 Å². The summed E-state index contributed by atoms with van der Waals surface area (Å²) in [5.74, 6) is 0. The molecule has 2 rings (SSSR count). The van der Waals surface area contributed by atoms with Gasteiger partial charge in [-0.3, -0.25) is 4.57 Å². The highest BCUT2D eigenvalue weighted by Crippen LogP contribution is 2.24. The fraction of sp³-hybridized carbons (Fsp3) is 0.545. The van der Waals surface area contributed by atoms with Crippen molar-refractivity contribution in [3.8, 4) is 0 Å². The highest BCUT2D eigenvalue weighted by Gasteiger charge is 2.22. The van der Waals surface area contributed by atoms with E-state index in [0.29, 0.717) is 12.8 Å². The SMILES string of the molecule is CC(CCc1cn(C(=O)OC(C)(C)C)c2ccccc12)OC(=O)OC(C)(C)C. The van der Waals surface area contributed by atoms with Gasteiger partial charge in [-0.2, -0.15) is 0 Å². The second kappa shape index (κ2) is 8.25. The molecule has 0 aliphatic heterocycles. The molecule has 0 amide bonds. The number of carbonyl (C=O) groups is 2. The van der Waals surface area contributed by atoms with Crippen LogP contribution < -0.4 is 0 Å². The maximum Gasteiger partial charge on any atom is 0.509 e. The van der Waals surface area contributed by atoms with Gasteiger partial charge in [-0.05, 0) is 72.9 Å². The normalized spacial score (nSPS) is 13.2. The molecular weight excluding hydrogens is 358 g/mol. The molecule has 0 spiro atoms. The highest BCUT2D eigenvalue weighted by atomic mass is 16.7. The molecule has 1 aromatic carbocycles. The Hall–Kier alpha value is -2.50. The van der Waals surface area contributed by atoms with Gasteiger partial charge in [0.25, 0.3) is 0 Å². The fourth-order valence-corrected chi connectivity index (χ4v) is 2.77. The van der Waals surface area contributed by atoms with Gasteiger partial charge in [0.2, 0.25) is 0 Å². The van der Waals surface area contributed by atoms with Crippen molar-refractivity contribution in [3.05, 3.63) is 36.0 Å². The van der Waals surface area contributed by atoms with E-state index in [9.17, 15) is 9.59 Å². The summed E-state index contributed by atoms with van der Waals surface area (Å²) in [5.41, 5.74) is 0.643. The van der Waals surface area contributed by atoms with E-state index in [1.54, 1.807) is 27.0 Å². The molecule has 6 nitrogen and oxygen atoms in total. The van der Waals surface area contributed by atoms with Crippen molar-refractivity contribution in [3.63, 3.8) is 0 Å². The van der Waals surface area contributed by atoms with Gasteiger partial charge in [-0.1, -0.05) is 18.2 Å². The quantitative estimate of drug-likeness (QED) is 0.628. The minimum atomic E-state index is -0.670. The Balaban J connectivity index is 2.11. The standard InChI is InChI=1S/C22H31NO5/c1-15(26-20(25)28-22(5,6)7)12-13-16-14-23(19(24)27-21(2,3)4)18-11-9-8-10-17(16)18/h8-11,14-15H,12-13H2,1-7H3. The number of hydrogen-bond acceptors (Lipinski definition) is 5. The molecule has 0 bridgehead atoms. The fourth-order valence-electron chi connectivity index (χ4n) is 2.77. The molecule has 0 saturated heterocycles. The number of aromatic nitrogens is 1. The molecule has 1 aromatic heterocycles. The average Bonchev–Trinajstić information content (AvgIpc) is 2.88. The number of carbonyl (C=O) groups excluding carboxylic acids is 2. The molecule has 0 radical (unpaired) electrons. The number of benzene rings is 1.